The predicted molar refractivity (Wildman–Crippen MR) is 139 cm³/mol. The number of hydrogen-bond donors (Lipinski definition) is 1. The number of fused-ring (bicyclic) bond motifs is 1. The van der Waals surface area contributed by atoms with Crippen LogP contribution in [-0.2, 0) is 22.7 Å². The average Bonchev–Trinajstić information content (AvgIpc) is 2.93. The number of rotatable bonds is 10. The molecule has 2 heterocycles. The second-order valence-corrected chi connectivity index (χ2v) is 8.96. The van der Waals surface area contributed by atoms with Gasteiger partial charge in [-0.25, -0.2) is 0 Å². The lowest BCUT2D eigenvalue weighted by molar-refractivity contribution is 0.0106. The van der Waals surface area contributed by atoms with Gasteiger partial charge in [-0.3, -0.25) is 4.98 Å². The first-order chi connectivity index (χ1) is 17.3. The standard InChI is InChI=1S/C30H32N2O3/c1-2-6-27-18-23(7-8-25(27)5-1)22-35-30-20-32-15-13-29(30)26-9-11-28(12-10-26)34-17-16-33-21-24-4-3-14-31-19-24/h1-12,14,18-19,29-30,32H,13,15-17,20-22H2. The van der Waals surface area contributed by atoms with Crippen LogP contribution in [0.4, 0.5) is 0 Å². The first-order valence-electron chi connectivity index (χ1n) is 12.3. The SMILES string of the molecule is c1cncc(COCCOc2ccc(C3CCNCC3OCc3ccc4ccccc4c3)cc2)c1. The van der Waals surface area contributed by atoms with Gasteiger partial charge in [0.25, 0.3) is 0 Å². The molecule has 0 radical (unpaired) electrons. The van der Waals surface area contributed by atoms with Gasteiger partial charge in [0.2, 0.25) is 0 Å². The second-order valence-electron chi connectivity index (χ2n) is 8.96. The minimum absolute atomic E-state index is 0.142. The summed E-state index contributed by atoms with van der Waals surface area (Å²) < 4.78 is 18.0. The number of hydrogen-bond acceptors (Lipinski definition) is 5. The molecule has 35 heavy (non-hydrogen) atoms. The fourth-order valence-electron chi connectivity index (χ4n) is 4.62. The number of aromatic nitrogens is 1. The van der Waals surface area contributed by atoms with Crippen LogP contribution in [0.5, 0.6) is 5.75 Å². The summed E-state index contributed by atoms with van der Waals surface area (Å²) >= 11 is 0. The summed E-state index contributed by atoms with van der Waals surface area (Å²) in [5.41, 5.74) is 3.58. The Bertz CT molecular complexity index is 1200. The van der Waals surface area contributed by atoms with Crippen LogP contribution in [0.2, 0.25) is 0 Å². The first-order valence-corrected chi connectivity index (χ1v) is 12.3. The number of piperidine rings is 1. The summed E-state index contributed by atoms with van der Waals surface area (Å²) in [5.74, 6) is 1.23. The lowest BCUT2D eigenvalue weighted by Gasteiger charge is -2.32. The van der Waals surface area contributed by atoms with Crippen molar-refractivity contribution in [3.05, 3.63) is 108 Å². The molecule has 5 heteroatoms. The molecule has 0 spiro atoms. The number of benzene rings is 3. The zero-order valence-electron chi connectivity index (χ0n) is 19.9. The molecule has 4 aromatic rings. The highest BCUT2D eigenvalue weighted by Crippen LogP contribution is 2.30. The molecule has 1 aromatic heterocycles. The van der Waals surface area contributed by atoms with E-state index in [1.54, 1.807) is 6.20 Å². The molecule has 0 bridgehead atoms. The van der Waals surface area contributed by atoms with Gasteiger partial charge in [-0.05, 0) is 64.7 Å². The molecular formula is C30H32N2O3. The predicted octanol–water partition coefficient (Wildman–Crippen LogP) is 5.49. The summed E-state index contributed by atoms with van der Waals surface area (Å²) in [6.45, 7) is 4.10. The fraction of sp³-hybridized carbons (Fsp3) is 0.300. The van der Waals surface area contributed by atoms with Crippen LogP contribution < -0.4 is 10.1 Å². The van der Waals surface area contributed by atoms with Gasteiger partial charge in [-0.1, -0.05) is 54.6 Å². The van der Waals surface area contributed by atoms with Crippen molar-refractivity contribution in [3.8, 4) is 5.75 Å². The molecule has 0 saturated carbocycles. The van der Waals surface area contributed by atoms with Gasteiger partial charge in [-0.2, -0.15) is 0 Å². The van der Waals surface area contributed by atoms with Crippen molar-refractivity contribution >= 4 is 10.8 Å². The quantitative estimate of drug-likeness (QED) is 0.312. The maximum atomic E-state index is 6.43. The Morgan fingerprint density at radius 1 is 0.829 bits per heavy atom. The molecule has 1 fully saturated rings. The lowest BCUT2D eigenvalue weighted by Crippen LogP contribution is -2.40. The minimum atomic E-state index is 0.142. The van der Waals surface area contributed by atoms with E-state index in [2.05, 4.69) is 77.0 Å². The van der Waals surface area contributed by atoms with E-state index in [0.29, 0.717) is 32.3 Å². The van der Waals surface area contributed by atoms with Crippen molar-refractivity contribution in [2.24, 2.45) is 0 Å². The molecule has 180 valence electrons. The molecule has 1 aliphatic heterocycles. The third-order valence-electron chi connectivity index (χ3n) is 6.50. The average molecular weight is 469 g/mol. The minimum Gasteiger partial charge on any atom is -0.491 e. The molecule has 2 unspecified atom stereocenters. The van der Waals surface area contributed by atoms with Gasteiger partial charge in [0.05, 0.1) is 25.9 Å². The third kappa shape index (κ3) is 6.45. The van der Waals surface area contributed by atoms with Crippen LogP contribution in [0.15, 0.2) is 91.3 Å². The Balaban J connectivity index is 1.12. The van der Waals surface area contributed by atoms with Gasteiger partial charge in [0.1, 0.15) is 12.4 Å². The highest BCUT2D eigenvalue weighted by molar-refractivity contribution is 5.82. The highest BCUT2D eigenvalue weighted by atomic mass is 16.5. The van der Waals surface area contributed by atoms with Crippen LogP contribution in [0.1, 0.15) is 29.0 Å². The van der Waals surface area contributed by atoms with E-state index in [-0.39, 0.29) is 6.10 Å². The summed E-state index contributed by atoms with van der Waals surface area (Å²) in [7, 11) is 0. The molecule has 5 nitrogen and oxygen atoms in total. The third-order valence-corrected chi connectivity index (χ3v) is 6.50. The van der Waals surface area contributed by atoms with E-state index in [9.17, 15) is 0 Å². The highest BCUT2D eigenvalue weighted by Gasteiger charge is 2.27. The van der Waals surface area contributed by atoms with Gasteiger partial charge in [-0.15, -0.1) is 0 Å². The summed E-state index contributed by atoms with van der Waals surface area (Å²) in [6.07, 6.45) is 4.78. The molecule has 5 rings (SSSR count). The maximum absolute atomic E-state index is 6.43. The van der Waals surface area contributed by atoms with Crippen LogP contribution in [0.3, 0.4) is 0 Å². The first kappa shape index (κ1) is 23.5. The van der Waals surface area contributed by atoms with Crippen molar-refractivity contribution in [1.29, 1.82) is 0 Å². The molecule has 1 saturated heterocycles. The van der Waals surface area contributed by atoms with Crippen molar-refractivity contribution in [2.45, 2.75) is 31.7 Å². The van der Waals surface area contributed by atoms with Crippen LogP contribution in [0, 0.1) is 0 Å². The van der Waals surface area contributed by atoms with Gasteiger partial charge >= 0.3 is 0 Å². The number of nitrogens with one attached hydrogen (secondary N) is 1. The van der Waals surface area contributed by atoms with Crippen LogP contribution in [-0.4, -0.2) is 37.4 Å². The lowest BCUT2D eigenvalue weighted by atomic mass is 9.87. The molecule has 0 aliphatic carbocycles. The molecule has 2 atom stereocenters. The molecule has 3 aromatic carbocycles. The number of nitrogens with zero attached hydrogens (tertiary/aromatic N) is 1. The summed E-state index contributed by atoms with van der Waals surface area (Å²) in [4.78, 5) is 4.10. The van der Waals surface area contributed by atoms with Crippen LogP contribution in [0.25, 0.3) is 10.8 Å². The monoisotopic (exact) mass is 468 g/mol. The topological polar surface area (TPSA) is 52.6 Å². The van der Waals surface area contributed by atoms with Gasteiger partial charge in [0, 0.05) is 24.9 Å². The van der Waals surface area contributed by atoms with E-state index in [4.69, 9.17) is 14.2 Å². The number of ether oxygens (including phenoxy) is 3. The maximum Gasteiger partial charge on any atom is 0.119 e. The molecule has 1 aliphatic rings. The zero-order valence-corrected chi connectivity index (χ0v) is 19.9. The largest absolute Gasteiger partial charge is 0.491 e. The Labute approximate surface area is 207 Å². The molecule has 1 N–H and O–H groups in total. The molecular weight excluding hydrogens is 436 g/mol. The smallest absolute Gasteiger partial charge is 0.119 e. The summed E-state index contributed by atoms with van der Waals surface area (Å²) in [6, 6.07) is 27.4. The van der Waals surface area contributed by atoms with E-state index in [1.807, 2.05) is 18.3 Å². The van der Waals surface area contributed by atoms with E-state index in [0.717, 1.165) is 30.8 Å². The van der Waals surface area contributed by atoms with Crippen molar-refractivity contribution < 1.29 is 14.2 Å². The van der Waals surface area contributed by atoms with Crippen molar-refractivity contribution in [3.63, 3.8) is 0 Å². The van der Waals surface area contributed by atoms with E-state index >= 15 is 0 Å². The van der Waals surface area contributed by atoms with Crippen molar-refractivity contribution in [2.75, 3.05) is 26.3 Å². The molecule has 0 amide bonds. The Morgan fingerprint density at radius 3 is 2.57 bits per heavy atom. The fourth-order valence-corrected chi connectivity index (χ4v) is 4.62. The Morgan fingerprint density at radius 2 is 1.71 bits per heavy atom. The van der Waals surface area contributed by atoms with Crippen molar-refractivity contribution in [1.82, 2.24) is 10.3 Å². The Kier molecular flexibility index (Phi) is 8.01. The second kappa shape index (κ2) is 11.9. The van der Waals surface area contributed by atoms with E-state index in [1.165, 1.54) is 21.9 Å². The number of pyridine rings is 1. The van der Waals surface area contributed by atoms with Gasteiger partial charge in [0.15, 0.2) is 0 Å². The summed E-state index contributed by atoms with van der Waals surface area (Å²) in [5, 5.41) is 6.01. The van der Waals surface area contributed by atoms with Crippen LogP contribution >= 0.6 is 0 Å². The normalized spacial score (nSPS) is 17.9. The zero-order chi connectivity index (χ0) is 23.7. The van der Waals surface area contributed by atoms with Gasteiger partial charge < -0.3 is 19.5 Å². The Hall–Kier alpha value is -3.25. The van der Waals surface area contributed by atoms with E-state index < -0.39 is 0 Å².